The van der Waals surface area contributed by atoms with E-state index in [4.69, 9.17) is 4.74 Å². The Kier molecular flexibility index (Phi) is 2.86. The van der Waals surface area contributed by atoms with E-state index in [9.17, 15) is 5.11 Å². The number of ether oxygens (including phenoxy) is 1. The third-order valence-electron chi connectivity index (χ3n) is 4.27. The lowest BCUT2D eigenvalue weighted by molar-refractivity contribution is 0.224. The van der Waals surface area contributed by atoms with Crippen molar-refractivity contribution in [3.8, 4) is 5.75 Å². The quantitative estimate of drug-likeness (QED) is 0.913. The molecule has 0 saturated heterocycles. The second kappa shape index (κ2) is 4.61. The topological polar surface area (TPSA) is 29.5 Å². The Balaban J connectivity index is 1.65. The van der Waals surface area contributed by atoms with E-state index < -0.39 is 6.10 Å². The van der Waals surface area contributed by atoms with Crippen LogP contribution in [0.5, 0.6) is 5.75 Å². The van der Waals surface area contributed by atoms with Crippen molar-refractivity contribution in [3.05, 3.63) is 50.7 Å². The van der Waals surface area contributed by atoms with Gasteiger partial charge in [-0.2, -0.15) is 0 Å². The molecule has 0 amide bonds. The fraction of sp³-hybridized carbons (Fsp3) is 0.412. The Bertz CT molecular complexity index is 638. The van der Waals surface area contributed by atoms with Gasteiger partial charge < -0.3 is 9.84 Å². The molecule has 0 saturated carbocycles. The van der Waals surface area contributed by atoms with E-state index in [0.717, 1.165) is 22.6 Å². The number of hydrogen-bond donors (Lipinski definition) is 1. The fourth-order valence-electron chi connectivity index (χ4n) is 3.26. The molecule has 1 N–H and O–H groups in total. The highest BCUT2D eigenvalue weighted by atomic mass is 32.1. The van der Waals surface area contributed by atoms with E-state index in [-0.39, 0.29) is 6.10 Å². The van der Waals surface area contributed by atoms with Gasteiger partial charge in [0.1, 0.15) is 18.0 Å². The number of benzene rings is 1. The summed E-state index contributed by atoms with van der Waals surface area (Å²) in [5.74, 6) is 0.974. The fourth-order valence-corrected chi connectivity index (χ4v) is 4.54. The minimum atomic E-state index is -0.494. The molecule has 4 rings (SSSR count). The molecule has 20 heavy (non-hydrogen) atoms. The van der Waals surface area contributed by atoms with Crippen molar-refractivity contribution in [1.29, 1.82) is 0 Å². The Labute approximate surface area is 123 Å². The zero-order valence-corrected chi connectivity index (χ0v) is 12.4. The van der Waals surface area contributed by atoms with Gasteiger partial charge in [0.2, 0.25) is 0 Å². The van der Waals surface area contributed by atoms with Crippen LogP contribution in [-0.2, 0) is 19.3 Å². The molecular weight excluding hydrogens is 268 g/mol. The molecule has 0 bridgehead atoms. The van der Waals surface area contributed by atoms with Crippen LogP contribution in [0.4, 0.5) is 0 Å². The molecule has 1 aliphatic carbocycles. The van der Waals surface area contributed by atoms with E-state index in [0.29, 0.717) is 0 Å². The summed E-state index contributed by atoms with van der Waals surface area (Å²) in [7, 11) is 0. The minimum Gasteiger partial charge on any atom is -0.490 e. The van der Waals surface area contributed by atoms with Crippen molar-refractivity contribution in [3.63, 3.8) is 0 Å². The van der Waals surface area contributed by atoms with Gasteiger partial charge in [0.25, 0.3) is 0 Å². The molecule has 1 aromatic carbocycles. The zero-order valence-electron chi connectivity index (χ0n) is 11.6. The summed E-state index contributed by atoms with van der Waals surface area (Å²) < 4.78 is 5.72. The number of thiophene rings is 1. The van der Waals surface area contributed by atoms with Gasteiger partial charge in [0.05, 0.1) is 0 Å². The van der Waals surface area contributed by atoms with E-state index in [1.54, 1.807) is 11.3 Å². The van der Waals surface area contributed by atoms with Gasteiger partial charge in [-0.05, 0) is 61.1 Å². The van der Waals surface area contributed by atoms with Crippen LogP contribution in [0.1, 0.15) is 45.9 Å². The molecule has 1 aliphatic heterocycles. The van der Waals surface area contributed by atoms with Gasteiger partial charge in [-0.3, -0.25) is 0 Å². The molecule has 0 spiro atoms. The third kappa shape index (κ3) is 1.97. The predicted molar refractivity (Wildman–Crippen MR) is 80.6 cm³/mol. The van der Waals surface area contributed by atoms with Crippen LogP contribution in [0.15, 0.2) is 24.3 Å². The van der Waals surface area contributed by atoms with Crippen LogP contribution in [0.3, 0.4) is 0 Å². The van der Waals surface area contributed by atoms with Crippen LogP contribution < -0.4 is 4.74 Å². The predicted octanol–water partition coefficient (Wildman–Crippen LogP) is 3.64. The van der Waals surface area contributed by atoms with Crippen LogP contribution in [0.2, 0.25) is 0 Å². The normalized spacial score (nSPS) is 21.4. The average Bonchev–Trinajstić information content (AvgIpc) is 3.08. The number of aliphatic hydroxyl groups excluding tert-OH is 1. The van der Waals surface area contributed by atoms with Gasteiger partial charge in [-0.25, -0.2) is 0 Å². The van der Waals surface area contributed by atoms with Crippen LogP contribution in [-0.4, -0.2) is 11.2 Å². The summed E-state index contributed by atoms with van der Waals surface area (Å²) in [4.78, 5) is 2.55. The molecule has 2 atom stereocenters. The molecule has 2 aliphatic rings. The van der Waals surface area contributed by atoms with Crippen molar-refractivity contribution in [2.45, 2.75) is 44.8 Å². The van der Waals surface area contributed by atoms with E-state index in [2.05, 4.69) is 19.1 Å². The van der Waals surface area contributed by atoms with Crippen molar-refractivity contribution >= 4 is 11.3 Å². The molecule has 2 nitrogen and oxygen atoms in total. The van der Waals surface area contributed by atoms with Crippen molar-refractivity contribution < 1.29 is 9.84 Å². The van der Waals surface area contributed by atoms with E-state index in [1.165, 1.54) is 35.3 Å². The molecule has 2 aromatic rings. The standard InChI is InChI=1S/C17H18O2S/c1-10-7-13-8-12(5-6-14(13)19-10)17(18)16-9-11-3-2-4-15(11)20-16/h5-6,8-10,17-18H,2-4,7H2,1H3. The maximum atomic E-state index is 10.6. The molecule has 104 valence electrons. The van der Waals surface area contributed by atoms with Crippen LogP contribution in [0.25, 0.3) is 0 Å². The molecule has 0 fully saturated rings. The maximum Gasteiger partial charge on any atom is 0.123 e. The van der Waals surface area contributed by atoms with Gasteiger partial charge in [0.15, 0.2) is 0 Å². The van der Waals surface area contributed by atoms with Gasteiger partial charge in [-0.1, -0.05) is 6.07 Å². The van der Waals surface area contributed by atoms with Gasteiger partial charge in [0, 0.05) is 16.2 Å². The minimum absolute atomic E-state index is 0.253. The number of fused-ring (bicyclic) bond motifs is 2. The highest BCUT2D eigenvalue weighted by molar-refractivity contribution is 7.12. The highest BCUT2D eigenvalue weighted by Crippen LogP contribution is 2.38. The summed E-state index contributed by atoms with van der Waals surface area (Å²) in [5.41, 5.74) is 3.65. The Hall–Kier alpha value is -1.32. The van der Waals surface area contributed by atoms with Crippen LogP contribution >= 0.6 is 11.3 Å². The lowest BCUT2D eigenvalue weighted by Gasteiger charge is -2.10. The van der Waals surface area contributed by atoms with E-state index in [1.807, 2.05) is 12.1 Å². The van der Waals surface area contributed by atoms with Gasteiger partial charge in [-0.15, -0.1) is 11.3 Å². The Morgan fingerprint density at radius 3 is 3.00 bits per heavy atom. The second-order valence-electron chi connectivity index (χ2n) is 5.85. The molecule has 3 heteroatoms. The molecule has 2 unspecified atom stereocenters. The van der Waals surface area contributed by atoms with Gasteiger partial charge >= 0.3 is 0 Å². The molecule has 0 radical (unpaired) electrons. The lowest BCUT2D eigenvalue weighted by atomic mass is 10.0. The summed E-state index contributed by atoms with van der Waals surface area (Å²) in [5, 5.41) is 10.6. The first kappa shape index (κ1) is 12.4. The number of aryl methyl sites for hydroxylation is 2. The highest BCUT2D eigenvalue weighted by Gasteiger charge is 2.23. The first-order valence-electron chi connectivity index (χ1n) is 7.30. The summed E-state index contributed by atoms with van der Waals surface area (Å²) in [6, 6.07) is 8.30. The molecule has 1 aromatic heterocycles. The third-order valence-corrected chi connectivity index (χ3v) is 5.56. The summed E-state index contributed by atoms with van der Waals surface area (Å²) in [6.07, 6.45) is 4.33. The summed E-state index contributed by atoms with van der Waals surface area (Å²) in [6.45, 7) is 2.08. The lowest BCUT2D eigenvalue weighted by Crippen LogP contribution is -2.05. The number of hydrogen-bond acceptors (Lipinski definition) is 3. The van der Waals surface area contributed by atoms with Crippen molar-refractivity contribution in [2.24, 2.45) is 0 Å². The monoisotopic (exact) mass is 286 g/mol. The maximum absolute atomic E-state index is 10.6. The Morgan fingerprint density at radius 2 is 2.15 bits per heavy atom. The largest absolute Gasteiger partial charge is 0.490 e. The van der Waals surface area contributed by atoms with E-state index >= 15 is 0 Å². The number of rotatable bonds is 2. The molecule has 2 heterocycles. The van der Waals surface area contributed by atoms with Crippen molar-refractivity contribution in [2.75, 3.05) is 0 Å². The Morgan fingerprint density at radius 1 is 1.25 bits per heavy atom. The van der Waals surface area contributed by atoms with Crippen molar-refractivity contribution in [1.82, 2.24) is 0 Å². The molecular formula is C17H18O2S. The smallest absolute Gasteiger partial charge is 0.123 e. The zero-order chi connectivity index (χ0) is 13.7. The first-order chi connectivity index (χ1) is 9.70. The number of aliphatic hydroxyl groups is 1. The first-order valence-corrected chi connectivity index (χ1v) is 8.11. The summed E-state index contributed by atoms with van der Waals surface area (Å²) >= 11 is 1.78. The second-order valence-corrected chi connectivity index (χ2v) is 7.02. The SMILES string of the molecule is CC1Cc2cc(C(O)c3cc4c(s3)CCC4)ccc2O1. The average molecular weight is 286 g/mol. The van der Waals surface area contributed by atoms with Crippen LogP contribution in [0, 0.1) is 0 Å².